The predicted octanol–water partition coefficient (Wildman–Crippen LogP) is 5.35. The van der Waals surface area contributed by atoms with Crippen molar-refractivity contribution in [3.05, 3.63) is 93.7 Å². The Morgan fingerprint density at radius 3 is 2.74 bits per heavy atom. The van der Waals surface area contributed by atoms with E-state index >= 15 is 0 Å². The molecule has 1 aliphatic rings. The average Bonchev–Trinajstić information content (AvgIpc) is 2.95. The lowest BCUT2D eigenvalue weighted by atomic mass is 10.1. The first kappa shape index (κ1) is 17.4. The molecular formula is C22H15BrO4. The van der Waals surface area contributed by atoms with E-state index in [2.05, 4.69) is 15.9 Å². The van der Waals surface area contributed by atoms with Crippen LogP contribution in [0, 0.1) is 0 Å². The van der Waals surface area contributed by atoms with Crippen molar-refractivity contribution in [3.8, 4) is 17.2 Å². The first-order valence-corrected chi connectivity index (χ1v) is 9.12. The van der Waals surface area contributed by atoms with E-state index in [9.17, 15) is 9.90 Å². The van der Waals surface area contributed by atoms with E-state index in [-0.39, 0.29) is 17.3 Å². The summed E-state index contributed by atoms with van der Waals surface area (Å²) in [6.45, 7) is 0.444. The van der Waals surface area contributed by atoms with Gasteiger partial charge in [0.05, 0.1) is 5.56 Å². The number of hydrogen-bond donors (Lipinski definition) is 1. The van der Waals surface area contributed by atoms with Gasteiger partial charge in [0.25, 0.3) is 0 Å². The highest BCUT2D eigenvalue weighted by Gasteiger charge is 2.27. The van der Waals surface area contributed by atoms with Gasteiger partial charge >= 0.3 is 0 Å². The summed E-state index contributed by atoms with van der Waals surface area (Å²) in [5.41, 5.74) is 2.29. The molecule has 27 heavy (non-hydrogen) atoms. The number of carbonyl (C=O) groups is 1. The molecule has 0 saturated heterocycles. The Hall–Kier alpha value is -3.05. The number of Topliss-reactive ketones (excluding diaryl/α,β-unsaturated/α-hetero) is 1. The van der Waals surface area contributed by atoms with Crippen molar-refractivity contribution >= 4 is 27.8 Å². The lowest BCUT2D eigenvalue weighted by Crippen LogP contribution is -1.98. The van der Waals surface area contributed by atoms with Gasteiger partial charge in [-0.05, 0) is 53.6 Å². The lowest BCUT2D eigenvalue weighted by Gasteiger charge is -2.07. The second-order valence-corrected chi connectivity index (χ2v) is 7.03. The Morgan fingerprint density at radius 2 is 1.89 bits per heavy atom. The van der Waals surface area contributed by atoms with Gasteiger partial charge in [-0.1, -0.05) is 40.2 Å². The quantitative estimate of drug-likeness (QED) is 0.575. The highest BCUT2D eigenvalue weighted by Crippen LogP contribution is 2.34. The van der Waals surface area contributed by atoms with Crippen LogP contribution in [0.15, 0.2) is 77.0 Å². The van der Waals surface area contributed by atoms with Crippen LogP contribution in [-0.4, -0.2) is 10.9 Å². The summed E-state index contributed by atoms with van der Waals surface area (Å²) in [7, 11) is 0. The summed E-state index contributed by atoms with van der Waals surface area (Å²) in [5, 5.41) is 9.53. The predicted molar refractivity (Wildman–Crippen MR) is 106 cm³/mol. The largest absolute Gasteiger partial charge is 0.508 e. The van der Waals surface area contributed by atoms with Crippen LogP contribution in [0.1, 0.15) is 21.5 Å². The highest BCUT2D eigenvalue weighted by molar-refractivity contribution is 9.10. The molecule has 0 fully saturated rings. The monoisotopic (exact) mass is 422 g/mol. The molecule has 0 atom stereocenters. The molecule has 3 aromatic rings. The van der Waals surface area contributed by atoms with Crippen LogP contribution in [0.3, 0.4) is 0 Å². The molecular weight excluding hydrogens is 408 g/mol. The summed E-state index contributed by atoms with van der Waals surface area (Å²) >= 11 is 3.45. The van der Waals surface area contributed by atoms with E-state index in [1.807, 2.05) is 48.5 Å². The summed E-state index contributed by atoms with van der Waals surface area (Å²) < 4.78 is 12.4. The van der Waals surface area contributed by atoms with Gasteiger partial charge in [-0.15, -0.1) is 0 Å². The first-order chi connectivity index (χ1) is 13.1. The van der Waals surface area contributed by atoms with Crippen LogP contribution in [0.5, 0.6) is 17.2 Å². The first-order valence-electron chi connectivity index (χ1n) is 8.33. The Morgan fingerprint density at radius 1 is 1.04 bits per heavy atom. The molecule has 0 spiro atoms. The molecule has 0 aliphatic carbocycles. The molecule has 0 amide bonds. The Labute approximate surface area is 164 Å². The number of aromatic hydroxyl groups is 1. The van der Waals surface area contributed by atoms with Gasteiger partial charge in [0.1, 0.15) is 23.9 Å². The SMILES string of the molecule is O=C1/C(=C/c2cccc(OCc3cccc(Br)c3)c2)Oc2cc(O)ccc21. The molecule has 0 bridgehead atoms. The van der Waals surface area contributed by atoms with Crippen LogP contribution in [-0.2, 0) is 6.61 Å². The molecule has 1 heterocycles. The number of rotatable bonds is 4. The van der Waals surface area contributed by atoms with E-state index in [0.717, 1.165) is 15.6 Å². The van der Waals surface area contributed by atoms with Gasteiger partial charge in [0, 0.05) is 10.5 Å². The maximum absolute atomic E-state index is 12.4. The van der Waals surface area contributed by atoms with Gasteiger partial charge in [-0.3, -0.25) is 4.79 Å². The number of phenols is 1. The Kier molecular flexibility index (Phi) is 4.69. The number of benzene rings is 3. The van der Waals surface area contributed by atoms with Crippen molar-refractivity contribution < 1.29 is 19.4 Å². The molecule has 3 aromatic carbocycles. The van der Waals surface area contributed by atoms with Gasteiger partial charge in [0.2, 0.25) is 5.78 Å². The number of phenolic OH excluding ortho intramolecular Hbond substituents is 1. The second kappa shape index (κ2) is 7.29. The normalized spacial score (nSPS) is 14.1. The minimum absolute atomic E-state index is 0.0609. The van der Waals surface area contributed by atoms with Gasteiger partial charge in [-0.25, -0.2) is 0 Å². The summed E-state index contributed by atoms with van der Waals surface area (Å²) in [4.78, 5) is 12.4. The van der Waals surface area contributed by atoms with E-state index in [1.54, 1.807) is 12.1 Å². The second-order valence-electron chi connectivity index (χ2n) is 6.11. The number of fused-ring (bicyclic) bond motifs is 1. The number of carbonyl (C=O) groups excluding carboxylic acids is 1. The van der Waals surface area contributed by atoms with E-state index in [4.69, 9.17) is 9.47 Å². The average molecular weight is 423 g/mol. The fourth-order valence-corrected chi connectivity index (χ4v) is 3.26. The molecule has 0 saturated carbocycles. The minimum atomic E-state index is -0.203. The fourth-order valence-electron chi connectivity index (χ4n) is 2.81. The standard InChI is InChI=1S/C22H15BrO4/c23-16-5-1-4-15(9-16)13-26-18-6-2-3-14(10-18)11-21-22(25)19-8-7-17(24)12-20(19)27-21/h1-12,24H,13H2/b21-11-. The van der Waals surface area contributed by atoms with Gasteiger partial charge in [-0.2, -0.15) is 0 Å². The van der Waals surface area contributed by atoms with Gasteiger partial charge < -0.3 is 14.6 Å². The third-order valence-electron chi connectivity index (χ3n) is 4.10. The van der Waals surface area contributed by atoms with Crippen LogP contribution in [0.2, 0.25) is 0 Å². The smallest absolute Gasteiger partial charge is 0.231 e. The Bertz CT molecular complexity index is 1060. The molecule has 0 aromatic heterocycles. The van der Waals surface area contributed by atoms with Crippen LogP contribution < -0.4 is 9.47 Å². The summed E-state index contributed by atoms with van der Waals surface area (Å²) in [6.07, 6.45) is 1.67. The van der Waals surface area contributed by atoms with Crippen molar-refractivity contribution in [1.29, 1.82) is 0 Å². The fraction of sp³-hybridized carbons (Fsp3) is 0.0455. The van der Waals surface area contributed by atoms with Crippen molar-refractivity contribution in [3.63, 3.8) is 0 Å². The zero-order chi connectivity index (χ0) is 18.8. The zero-order valence-electron chi connectivity index (χ0n) is 14.2. The van der Waals surface area contributed by atoms with Crippen LogP contribution in [0.25, 0.3) is 6.08 Å². The molecule has 4 nitrogen and oxygen atoms in total. The molecule has 1 N–H and O–H groups in total. The van der Waals surface area contributed by atoms with Crippen molar-refractivity contribution in [2.75, 3.05) is 0 Å². The number of allylic oxidation sites excluding steroid dienone is 1. The van der Waals surface area contributed by atoms with E-state index in [0.29, 0.717) is 23.7 Å². The zero-order valence-corrected chi connectivity index (χ0v) is 15.8. The summed E-state index contributed by atoms with van der Waals surface area (Å²) in [5.74, 6) is 1.15. The minimum Gasteiger partial charge on any atom is -0.508 e. The van der Waals surface area contributed by atoms with Crippen LogP contribution in [0.4, 0.5) is 0 Å². The van der Waals surface area contributed by atoms with Crippen molar-refractivity contribution in [2.45, 2.75) is 6.61 Å². The number of ketones is 1. The van der Waals surface area contributed by atoms with E-state index < -0.39 is 0 Å². The molecule has 1 aliphatic heterocycles. The molecule has 5 heteroatoms. The van der Waals surface area contributed by atoms with Crippen molar-refractivity contribution in [2.24, 2.45) is 0 Å². The maximum atomic E-state index is 12.4. The van der Waals surface area contributed by atoms with Crippen LogP contribution >= 0.6 is 15.9 Å². The molecule has 0 unspecified atom stereocenters. The number of halogens is 1. The lowest BCUT2D eigenvalue weighted by molar-refractivity contribution is 0.101. The number of hydrogen-bond acceptors (Lipinski definition) is 4. The number of ether oxygens (including phenoxy) is 2. The van der Waals surface area contributed by atoms with Gasteiger partial charge in [0.15, 0.2) is 5.76 Å². The Balaban J connectivity index is 1.51. The molecule has 0 radical (unpaired) electrons. The molecule has 4 rings (SSSR count). The third kappa shape index (κ3) is 3.88. The third-order valence-corrected chi connectivity index (χ3v) is 4.60. The maximum Gasteiger partial charge on any atom is 0.231 e. The topological polar surface area (TPSA) is 55.8 Å². The summed E-state index contributed by atoms with van der Waals surface area (Å²) in [6, 6.07) is 19.8. The van der Waals surface area contributed by atoms with E-state index in [1.165, 1.54) is 12.1 Å². The van der Waals surface area contributed by atoms with Crippen molar-refractivity contribution in [1.82, 2.24) is 0 Å². The highest BCUT2D eigenvalue weighted by atomic mass is 79.9. The molecule has 134 valence electrons.